The van der Waals surface area contributed by atoms with Crippen LogP contribution in [0.5, 0.6) is 0 Å². The molecule has 1 amide bonds. The number of rotatable bonds is 4. The van der Waals surface area contributed by atoms with Crippen LogP contribution < -0.4 is 5.32 Å². The maximum absolute atomic E-state index is 12.6. The largest absolute Gasteiger partial charge is 0.339 e. The summed E-state index contributed by atoms with van der Waals surface area (Å²) in [5.41, 5.74) is 1.84. The van der Waals surface area contributed by atoms with Crippen LogP contribution in [0.15, 0.2) is 57.8 Å². The van der Waals surface area contributed by atoms with E-state index in [1.807, 2.05) is 7.05 Å². The Morgan fingerprint density at radius 3 is 2.48 bits per heavy atom. The lowest BCUT2D eigenvalue weighted by Crippen LogP contribution is -2.36. The molecule has 1 aliphatic carbocycles. The van der Waals surface area contributed by atoms with E-state index < -0.39 is 10.0 Å². The summed E-state index contributed by atoms with van der Waals surface area (Å²) >= 11 is 0. The molecule has 1 saturated carbocycles. The smallest absolute Gasteiger partial charge is 0.285 e. The van der Waals surface area contributed by atoms with Crippen LogP contribution in [0.2, 0.25) is 0 Å². The molecule has 2 aliphatic rings. The number of nitrogens with one attached hydrogen (secondary N) is 1. The lowest BCUT2D eigenvalue weighted by molar-refractivity contribution is 0.0727. The molecule has 0 saturated heterocycles. The van der Waals surface area contributed by atoms with E-state index in [2.05, 4.69) is 16.6 Å². The van der Waals surface area contributed by atoms with Gasteiger partial charge in [0.2, 0.25) is 0 Å². The second kappa shape index (κ2) is 6.49. The SMILES string of the molecule is C[C@H](C1CC1)N(C)C(=O)c1ccc(NC2=NS(=O)(=O)c3ccccc32)cc1. The summed E-state index contributed by atoms with van der Waals surface area (Å²) in [5.74, 6) is 0.901. The first-order valence-corrected chi connectivity index (χ1v) is 10.4. The molecule has 0 bridgehead atoms. The third-order valence-electron chi connectivity index (χ3n) is 5.26. The average molecular weight is 383 g/mol. The van der Waals surface area contributed by atoms with Gasteiger partial charge in [0.05, 0.1) is 0 Å². The quantitative estimate of drug-likeness (QED) is 0.880. The van der Waals surface area contributed by atoms with Gasteiger partial charge in [-0.3, -0.25) is 4.79 Å². The Hall–Kier alpha value is -2.67. The number of benzene rings is 2. The Bertz CT molecular complexity index is 1020. The first-order valence-electron chi connectivity index (χ1n) is 8.95. The van der Waals surface area contributed by atoms with Crippen molar-refractivity contribution in [2.75, 3.05) is 12.4 Å². The van der Waals surface area contributed by atoms with Gasteiger partial charge in [0.1, 0.15) is 4.90 Å². The van der Waals surface area contributed by atoms with E-state index >= 15 is 0 Å². The molecule has 6 nitrogen and oxygen atoms in total. The molecule has 1 heterocycles. The summed E-state index contributed by atoms with van der Waals surface area (Å²) in [6.45, 7) is 2.08. The lowest BCUT2D eigenvalue weighted by atomic mass is 10.1. The van der Waals surface area contributed by atoms with E-state index in [1.54, 1.807) is 53.4 Å². The summed E-state index contributed by atoms with van der Waals surface area (Å²) in [4.78, 5) is 14.6. The molecule has 1 N–H and O–H groups in total. The van der Waals surface area contributed by atoms with Gasteiger partial charge in [0, 0.05) is 29.9 Å². The predicted molar refractivity (Wildman–Crippen MR) is 105 cm³/mol. The number of amides is 1. The molecule has 1 fully saturated rings. The minimum Gasteiger partial charge on any atom is -0.339 e. The van der Waals surface area contributed by atoms with E-state index in [9.17, 15) is 13.2 Å². The first-order chi connectivity index (χ1) is 12.9. The van der Waals surface area contributed by atoms with Crippen LogP contribution in [0, 0.1) is 5.92 Å². The molecule has 4 rings (SSSR count). The van der Waals surface area contributed by atoms with Crippen molar-refractivity contribution >= 4 is 27.5 Å². The van der Waals surface area contributed by atoms with Crippen molar-refractivity contribution in [2.24, 2.45) is 10.3 Å². The van der Waals surface area contributed by atoms with E-state index in [4.69, 9.17) is 0 Å². The van der Waals surface area contributed by atoms with Crippen molar-refractivity contribution in [1.29, 1.82) is 0 Å². The second-order valence-electron chi connectivity index (χ2n) is 7.11. The molecule has 1 atom stereocenters. The molecule has 0 unspecified atom stereocenters. The van der Waals surface area contributed by atoms with E-state index in [0.29, 0.717) is 28.6 Å². The zero-order chi connectivity index (χ0) is 19.2. The van der Waals surface area contributed by atoms with Crippen LogP contribution in [0.25, 0.3) is 0 Å². The van der Waals surface area contributed by atoms with Gasteiger partial charge >= 0.3 is 0 Å². The van der Waals surface area contributed by atoms with Crippen LogP contribution in [-0.2, 0) is 10.0 Å². The number of carbonyl (C=O) groups excluding carboxylic acids is 1. The normalized spacial score (nSPS) is 18.4. The number of hydrogen-bond acceptors (Lipinski definition) is 4. The summed E-state index contributed by atoms with van der Waals surface area (Å²) < 4.78 is 28.1. The monoisotopic (exact) mass is 383 g/mol. The molecule has 0 aromatic heterocycles. The predicted octanol–water partition coefficient (Wildman–Crippen LogP) is 3.12. The van der Waals surface area contributed by atoms with Crippen molar-refractivity contribution in [3.05, 3.63) is 59.7 Å². The Kier molecular flexibility index (Phi) is 4.26. The zero-order valence-corrected chi connectivity index (χ0v) is 16.0. The van der Waals surface area contributed by atoms with Crippen LogP contribution in [-0.4, -0.2) is 38.2 Å². The molecule has 7 heteroatoms. The number of carbonyl (C=O) groups is 1. The molecular weight excluding hydrogens is 362 g/mol. The highest BCUT2D eigenvalue weighted by molar-refractivity contribution is 7.90. The Morgan fingerprint density at radius 1 is 1.15 bits per heavy atom. The van der Waals surface area contributed by atoms with Crippen molar-refractivity contribution in [3.8, 4) is 0 Å². The third-order valence-corrected chi connectivity index (χ3v) is 6.60. The van der Waals surface area contributed by atoms with Crippen LogP contribution in [0.4, 0.5) is 5.69 Å². The molecular formula is C20H21N3O3S. The highest BCUT2D eigenvalue weighted by atomic mass is 32.2. The number of sulfonamides is 1. The first kappa shape index (κ1) is 17.7. The van der Waals surface area contributed by atoms with E-state index in [-0.39, 0.29) is 16.8 Å². The zero-order valence-electron chi connectivity index (χ0n) is 15.2. The Labute approximate surface area is 159 Å². The highest BCUT2D eigenvalue weighted by Crippen LogP contribution is 2.35. The topological polar surface area (TPSA) is 78.8 Å². The van der Waals surface area contributed by atoms with E-state index in [1.165, 1.54) is 12.8 Å². The van der Waals surface area contributed by atoms with Crippen molar-refractivity contribution in [1.82, 2.24) is 4.90 Å². The molecule has 140 valence electrons. The fraction of sp³-hybridized carbons (Fsp3) is 0.300. The minimum absolute atomic E-state index is 0.00733. The van der Waals surface area contributed by atoms with E-state index in [0.717, 1.165) is 0 Å². The lowest BCUT2D eigenvalue weighted by Gasteiger charge is -2.25. The van der Waals surface area contributed by atoms with Crippen LogP contribution >= 0.6 is 0 Å². The van der Waals surface area contributed by atoms with Crippen molar-refractivity contribution < 1.29 is 13.2 Å². The highest BCUT2D eigenvalue weighted by Gasteiger charge is 2.33. The van der Waals surface area contributed by atoms with Crippen molar-refractivity contribution in [3.63, 3.8) is 0 Å². The molecule has 0 radical (unpaired) electrons. The minimum atomic E-state index is -3.65. The Morgan fingerprint density at radius 2 is 1.81 bits per heavy atom. The van der Waals surface area contributed by atoms with Gasteiger partial charge in [-0.25, -0.2) is 0 Å². The number of anilines is 1. The number of amidine groups is 1. The average Bonchev–Trinajstić information content (AvgIpc) is 3.48. The van der Waals surface area contributed by atoms with Gasteiger partial charge in [-0.05, 0) is 62.1 Å². The molecule has 2 aromatic carbocycles. The van der Waals surface area contributed by atoms with Crippen LogP contribution in [0.3, 0.4) is 0 Å². The van der Waals surface area contributed by atoms with Crippen molar-refractivity contribution in [2.45, 2.75) is 30.7 Å². The van der Waals surface area contributed by atoms with Crippen LogP contribution in [0.1, 0.15) is 35.7 Å². The van der Waals surface area contributed by atoms with Gasteiger partial charge in [0.25, 0.3) is 15.9 Å². The third kappa shape index (κ3) is 3.35. The summed E-state index contributed by atoms with van der Waals surface area (Å²) in [7, 11) is -1.82. The standard InChI is InChI=1S/C20H21N3O3S/c1-13(14-7-8-14)23(2)20(24)15-9-11-16(12-10-15)21-19-17-5-3-4-6-18(17)27(25,26)22-19/h3-6,9-14H,7-8H2,1-2H3,(H,21,22)/t13-/m1/s1. The fourth-order valence-electron chi connectivity index (χ4n) is 3.31. The molecule has 1 aliphatic heterocycles. The Balaban J connectivity index is 1.51. The number of fused-ring (bicyclic) bond motifs is 1. The maximum Gasteiger partial charge on any atom is 0.285 e. The molecule has 2 aromatic rings. The molecule has 27 heavy (non-hydrogen) atoms. The second-order valence-corrected chi connectivity index (χ2v) is 8.68. The van der Waals surface area contributed by atoms with Gasteiger partial charge in [-0.15, -0.1) is 4.40 Å². The van der Waals surface area contributed by atoms with Gasteiger partial charge in [0.15, 0.2) is 5.84 Å². The molecule has 0 spiro atoms. The number of nitrogens with zero attached hydrogens (tertiary/aromatic N) is 2. The summed E-state index contributed by atoms with van der Waals surface area (Å²) in [6, 6.07) is 14.0. The van der Waals surface area contributed by atoms with Gasteiger partial charge in [-0.1, -0.05) is 12.1 Å². The number of hydrogen-bond donors (Lipinski definition) is 1. The fourth-order valence-corrected chi connectivity index (χ4v) is 4.49. The maximum atomic E-state index is 12.6. The summed E-state index contributed by atoms with van der Waals surface area (Å²) in [6.07, 6.45) is 2.38. The summed E-state index contributed by atoms with van der Waals surface area (Å²) in [5, 5.41) is 3.04. The van der Waals surface area contributed by atoms with Gasteiger partial charge < -0.3 is 10.2 Å². The van der Waals surface area contributed by atoms with Gasteiger partial charge in [-0.2, -0.15) is 8.42 Å².